The first-order valence-electron chi connectivity index (χ1n) is 10.9. The normalized spacial score (nSPS) is 23.0. The van der Waals surface area contributed by atoms with Crippen LogP contribution in [-0.2, 0) is 16.0 Å². The molecule has 2 fully saturated rings. The van der Waals surface area contributed by atoms with Gasteiger partial charge >= 0.3 is 12.1 Å². The summed E-state index contributed by atoms with van der Waals surface area (Å²) in [4.78, 5) is 19.8. The molecule has 2 atom stereocenters. The van der Waals surface area contributed by atoms with Gasteiger partial charge in [0.2, 0.25) is 11.9 Å². The highest BCUT2D eigenvalue weighted by Gasteiger charge is 2.44. The molecule has 180 valence electrons. The molecule has 1 aromatic heterocycles. The molecule has 0 aliphatic carbocycles. The topological polar surface area (TPSA) is 100 Å². The monoisotopic (exact) mass is 486 g/mol. The van der Waals surface area contributed by atoms with Gasteiger partial charge in [0.1, 0.15) is 6.10 Å². The third-order valence-electron chi connectivity index (χ3n) is 6.30. The molecule has 3 heterocycles. The van der Waals surface area contributed by atoms with Crippen LogP contribution in [0.5, 0.6) is 0 Å². The number of ether oxygens (including phenoxy) is 1. The molecule has 2 aliphatic heterocycles. The van der Waals surface area contributed by atoms with Crippen molar-refractivity contribution in [2.75, 3.05) is 30.3 Å². The van der Waals surface area contributed by atoms with Gasteiger partial charge in [-0.2, -0.15) is 18.2 Å². The Labute approximate surface area is 194 Å². The van der Waals surface area contributed by atoms with Crippen LogP contribution in [0.4, 0.5) is 25.1 Å². The van der Waals surface area contributed by atoms with Crippen molar-refractivity contribution in [3.8, 4) is 0 Å². The molecule has 1 aromatic carbocycles. The molecule has 2 aliphatic rings. The molecular weight excluding hydrogens is 461 g/mol. The van der Waals surface area contributed by atoms with Crippen molar-refractivity contribution in [3.63, 3.8) is 0 Å². The van der Waals surface area contributed by atoms with E-state index < -0.39 is 18.2 Å². The number of nitrogens with two attached hydrogens (primary N) is 1. The van der Waals surface area contributed by atoms with Crippen molar-refractivity contribution in [2.24, 2.45) is 0 Å². The van der Waals surface area contributed by atoms with Gasteiger partial charge in [-0.1, -0.05) is 23.7 Å². The van der Waals surface area contributed by atoms with E-state index in [4.69, 9.17) is 22.1 Å². The van der Waals surface area contributed by atoms with Crippen LogP contribution >= 0.6 is 11.6 Å². The van der Waals surface area contributed by atoms with E-state index in [-0.39, 0.29) is 24.6 Å². The van der Waals surface area contributed by atoms with Gasteiger partial charge in [0.25, 0.3) is 0 Å². The highest BCUT2D eigenvalue weighted by molar-refractivity contribution is 6.30. The lowest BCUT2D eigenvalue weighted by atomic mass is 9.90. The fourth-order valence-corrected chi connectivity index (χ4v) is 4.82. The highest BCUT2D eigenvalue weighted by Crippen LogP contribution is 2.31. The number of halogens is 4. The largest absolute Gasteiger partial charge is 0.490 e. The smallest absolute Gasteiger partial charge is 0.454 e. The number of benzene rings is 1. The van der Waals surface area contributed by atoms with E-state index >= 15 is 0 Å². The van der Waals surface area contributed by atoms with Gasteiger partial charge in [0.05, 0.1) is 0 Å². The Morgan fingerprint density at radius 1 is 1.18 bits per heavy atom. The second-order valence-corrected chi connectivity index (χ2v) is 8.96. The highest BCUT2D eigenvalue weighted by atomic mass is 35.5. The summed E-state index contributed by atoms with van der Waals surface area (Å²) in [6.45, 7) is 1.66. The van der Waals surface area contributed by atoms with Crippen molar-refractivity contribution >= 4 is 29.5 Å². The number of nitrogens with zero attached hydrogens (tertiary/aromatic N) is 4. The quantitative estimate of drug-likeness (QED) is 0.626. The lowest BCUT2D eigenvalue weighted by Crippen LogP contribution is -2.55. The van der Waals surface area contributed by atoms with Crippen molar-refractivity contribution in [2.45, 2.75) is 56.5 Å². The summed E-state index contributed by atoms with van der Waals surface area (Å²) < 4.78 is 43.0. The van der Waals surface area contributed by atoms with Crippen molar-refractivity contribution in [1.82, 2.24) is 20.1 Å². The maximum atomic E-state index is 12.7. The molecule has 0 amide bonds. The van der Waals surface area contributed by atoms with Crippen molar-refractivity contribution < 1.29 is 22.7 Å². The number of alkyl halides is 3. The van der Waals surface area contributed by atoms with Crippen LogP contribution in [0.1, 0.15) is 31.2 Å². The lowest BCUT2D eigenvalue weighted by Gasteiger charge is -2.46. The number of esters is 1. The minimum atomic E-state index is -4.99. The molecule has 0 radical (unpaired) electrons. The molecule has 8 nitrogen and oxygen atoms in total. The maximum absolute atomic E-state index is 12.7. The maximum Gasteiger partial charge on any atom is 0.490 e. The Hall–Kier alpha value is -2.53. The zero-order valence-electron chi connectivity index (χ0n) is 17.9. The number of hydrogen-bond donors (Lipinski definition) is 2. The molecule has 0 unspecified atom stereocenters. The first kappa shape index (κ1) is 23.6. The number of nitrogen functional groups attached to an aromatic ring is 1. The number of hydrogen-bond acceptors (Lipinski definition) is 7. The molecule has 2 saturated heterocycles. The summed E-state index contributed by atoms with van der Waals surface area (Å²) >= 11 is 6.00. The van der Waals surface area contributed by atoms with Gasteiger partial charge in [-0.15, -0.1) is 5.10 Å². The van der Waals surface area contributed by atoms with E-state index in [9.17, 15) is 18.0 Å². The number of carbonyl (C=O) groups is 1. The third-order valence-corrected chi connectivity index (χ3v) is 6.55. The summed E-state index contributed by atoms with van der Waals surface area (Å²) in [5.74, 6) is -1.33. The summed E-state index contributed by atoms with van der Waals surface area (Å²) in [6.07, 6.45) is -2.44. The van der Waals surface area contributed by atoms with Crippen molar-refractivity contribution in [1.29, 1.82) is 0 Å². The second kappa shape index (κ2) is 9.76. The molecule has 33 heavy (non-hydrogen) atoms. The number of aromatic amines is 1. The second-order valence-electron chi connectivity index (χ2n) is 8.52. The van der Waals surface area contributed by atoms with E-state index in [0.29, 0.717) is 36.9 Å². The minimum absolute atomic E-state index is 0.128. The number of likely N-dealkylation sites (tertiary alicyclic amines) is 1. The molecule has 4 rings (SSSR count). The Kier molecular flexibility index (Phi) is 6.99. The molecule has 0 bridgehead atoms. The van der Waals surface area contributed by atoms with Crippen LogP contribution in [0.15, 0.2) is 24.3 Å². The van der Waals surface area contributed by atoms with Gasteiger partial charge in [0.15, 0.2) is 0 Å². The predicted molar refractivity (Wildman–Crippen MR) is 117 cm³/mol. The standard InChI is InChI=1S/C21H26ClF3N6O2/c22-14-3-1-13(2-4-14)11-16-5-6-17(33-18(32)21(23,24)25)12-31(16)15-7-9-30(10-8-15)20-27-19(26)28-29-20/h1-4,15-17H,5-12H2,(H3,26,27,28,29)/t16-,17-/m1/s1. The predicted octanol–water partition coefficient (Wildman–Crippen LogP) is 3.19. The molecule has 0 saturated carbocycles. The Bertz CT molecular complexity index is 946. The Balaban J connectivity index is 1.45. The van der Waals surface area contributed by atoms with E-state index in [1.165, 1.54) is 0 Å². The van der Waals surface area contributed by atoms with E-state index in [0.717, 1.165) is 24.8 Å². The van der Waals surface area contributed by atoms with Crippen LogP contribution in [0.3, 0.4) is 0 Å². The zero-order chi connectivity index (χ0) is 23.6. The molecule has 3 N–H and O–H groups in total. The van der Waals surface area contributed by atoms with Crippen LogP contribution in [0.2, 0.25) is 5.02 Å². The van der Waals surface area contributed by atoms with Gasteiger partial charge in [-0.05, 0) is 49.8 Å². The fraction of sp³-hybridized carbons (Fsp3) is 0.571. The number of H-pyrrole nitrogens is 1. The number of aromatic nitrogens is 3. The Morgan fingerprint density at radius 2 is 1.88 bits per heavy atom. The number of nitrogens with one attached hydrogen (secondary N) is 1. The molecule has 2 aromatic rings. The summed E-state index contributed by atoms with van der Waals surface area (Å²) in [6, 6.07) is 7.86. The number of carbonyl (C=O) groups excluding carboxylic acids is 1. The first-order valence-corrected chi connectivity index (χ1v) is 11.3. The Morgan fingerprint density at radius 3 is 2.48 bits per heavy atom. The average Bonchev–Trinajstić information content (AvgIpc) is 3.22. The summed E-state index contributed by atoms with van der Waals surface area (Å²) in [7, 11) is 0. The minimum Gasteiger partial charge on any atom is -0.454 e. The fourth-order valence-electron chi connectivity index (χ4n) is 4.70. The number of anilines is 2. The van der Waals surface area contributed by atoms with E-state index in [1.54, 1.807) is 0 Å². The molecule has 0 spiro atoms. The van der Waals surface area contributed by atoms with Gasteiger partial charge in [-0.3, -0.25) is 4.90 Å². The lowest BCUT2D eigenvalue weighted by molar-refractivity contribution is -0.207. The SMILES string of the molecule is Nc1nc(N2CCC(N3C[C@H](OC(=O)C(F)(F)F)CC[C@@H]3Cc3ccc(Cl)cc3)CC2)n[nH]1. The van der Waals surface area contributed by atoms with Crippen molar-refractivity contribution in [3.05, 3.63) is 34.9 Å². The van der Waals surface area contributed by atoms with Crippen LogP contribution in [0.25, 0.3) is 0 Å². The van der Waals surface area contributed by atoms with Gasteiger partial charge in [0, 0.05) is 36.7 Å². The number of piperidine rings is 2. The molecular formula is C21H26ClF3N6O2. The summed E-state index contributed by atoms with van der Waals surface area (Å²) in [5.41, 5.74) is 6.73. The van der Waals surface area contributed by atoms with Crippen LogP contribution in [-0.4, -0.2) is 70.0 Å². The van der Waals surface area contributed by atoms with Gasteiger partial charge in [-0.25, -0.2) is 9.89 Å². The van der Waals surface area contributed by atoms with Crippen LogP contribution in [0, 0.1) is 0 Å². The first-order chi connectivity index (χ1) is 15.7. The van der Waals surface area contributed by atoms with Crippen LogP contribution < -0.4 is 10.6 Å². The zero-order valence-corrected chi connectivity index (χ0v) is 18.6. The van der Waals surface area contributed by atoms with Gasteiger partial charge < -0.3 is 15.4 Å². The number of rotatable bonds is 5. The van der Waals surface area contributed by atoms with E-state index in [2.05, 4.69) is 20.1 Å². The van der Waals surface area contributed by atoms with E-state index in [1.807, 2.05) is 29.2 Å². The average molecular weight is 487 g/mol. The summed E-state index contributed by atoms with van der Waals surface area (Å²) in [5, 5.41) is 7.38. The third kappa shape index (κ3) is 5.89. The molecule has 12 heteroatoms.